The quantitative estimate of drug-likeness (QED) is 0.689. The van der Waals surface area contributed by atoms with Crippen LogP contribution < -0.4 is 14.2 Å². The van der Waals surface area contributed by atoms with E-state index in [1.54, 1.807) is 42.2 Å². The number of methoxy groups -OCH3 is 2. The number of carbonyl (C=O) groups excluding carboxylic acids is 2. The van der Waals surface area contributed by atoms with Gasteiger partial charge in [0, 0.05) is 31.7 Å². The van der Waals surface area contributed by atoms with E-state index in [1.807, 2.05) is 26.8 Å². The normalized spacial score (nSPS) is 14.0. The minimum absolute atomic E-state index is 0.00520. The molecule has 0 aliphatic carbocycles. The standard InChI is InChI=1S/C25H32N2O5/c1-17-7-8-18(2)24(19(17)3)32-16-23(28)26-11-6-12-27(14-13-26)25(29)20-9-10-21(30-4)22(15-20)31-5/h7-10,15H,6,11-14,16H2,1-5H3. The largest absolute Gasteiger partial charge is 0.493 e. The monoisotopic (exact) mass is 440 g/mol. The maximum atomic E-state index is 13.0. The molecular formula is C25H32N2O5. The average molecular weight is 441 g/mol. The zero-order chi connectivity index (χ0) is 23.3. The minimum atomic E-state index is -0.0810. The molecule has 3 rings (SSSR count). The highest BCUT2D eigenvalue weighted by Crippen LogP contribution is 2.28. The predicted molar refractivity (Wildman–Crippen MR) is 123 cm³/mol. The maximum absolute atomic E-state index is 13.0. The van der Waals surface area contributed by atoms with Crippen LogP contribution in [0.5, 0.6) is 17.2 Å². The van der Waals surface area contributed by atoms with Crippen LogP contribution >= 0.6 is 0 Å². The lowest BCUT2D eigenvalue weighted by Crippen LogP contribution is -2.39. The molecule has 2 amide bonds. The molecule has 0 N–H and O–H groups in total. The number of rotatable bonds is 6. The number of amides is 2. The summed E-state index contributed by atoms with van der Waals surface area (Å²) in [6, 6.07) is 9.21. The van der Waals surface area contributed by atoms with Crippen molar-refractivity contribution in [3.8, 4) is 17.2 Å². The third kappa shape index (κ3) is 5.15. The Morgan fingerprint density at radius 2 is 1.50 bits per heavy atom. The average Bonchev–Trinajstić information content (AvgIpc) is 3.07. The van der Waals surface area contributed by atoms with Crippen molar-refractivity contribution >= 4 is 11.8 Å². The van der Waals surface area contributed by atoms with Gasteiger partial charge in [-0.1, -0.05) is 12.1 Å². The lowest BCUT2D eigenvalue weighted by molar-refractivity contribution is -0.133. The maximum Gasteiger partial charge on any atom is 0.260 e. The van der Waals surface area contributed by atoms with Crippen molar-refractivity contribution in [1.82, 2.24) is 9.80 Å². The summed E-state index contributed by atoms with van der Waals surface area (Å²) < 4.78 is 16.5. The Labute approximate surface area is 189 Å². The topological polar surface area (TPSA) is 68.3 Å². The van der Waals surface area contributed by atoms with Crippen LogP contribution in [0.15, 0.2) is 30.3 Å². The number of nitrogens with zero attached hydrogens (tertiary/aromatic N) is 2. The Balaban J connectivity index is 1.60. The molecule has 1 saturated heterocycles. The fraction of sp³-hybridized carbons (Fsp3) is 0.440. The van der Waals surface area contributed by atoms with E-state index in [-0.39, 0.29) is 18.4 Å². The molecule has 0 aromatic heterocycles. The molecular weight excluding hydrogens is 408 g/mol. The molecule has 7 nitrogen and oxygen atoms in total. The number of carbonyl (C=O) groups is 2. The lowest BCUT2D eigenvalue weighted by atomic mass is 10.1. The third-order valence-corrected chi connectivity index (χ3v) is 5.98. The summed E-state index contributed by atoms with van der Waals surface area (Å²) in [6.07, 6.45) is 0.716. The number of aryl methyl sites for hydroxylation is 2. The number of hydrogen-bond acceptors (Lipinski definition) is 5. The first-order valence-corrected chi connectivity index (χ1v) is 10.8. The van der Waals surface area contributed by atoms with Crippen molar-refractivity contribution in [2.75, 3.05) is 47.0 Å². The molecule has 0 bridgehead atoms. The Kier molecular flexibility index (Phi) is 7.62. The van der Waals surface area contributed by atoms with Crippen LogP contribution in [-0.4, -0.2) is 68.6 Å². The second kappa shape index (κ2) is 10.4. The van der Waals surface area contributed by atoms with E-state index < -0.39 is 0 Å². The van der Waals surface area contributed by atoms with E-state index in [1.165, 1.54) is 0 Å². The van der Waals surface area contributed by atoms with Crippen molar-refractivity contribution in [1.29, 1.82) is 0 Å². The molecule has 0 radical (unpaired) electrons. The van der Waals surface area contributed by atoms with Gasteiger partial charge in [0.15, 0.2) is 18.1 Å². The molecule has 1 aliphatic heterocycles. The van der Waals surface area contributed by atoms with Crippen molar-refractivity contribution in [2.24, 2.45) is 0 Å². The van der Waals surface area contributed by atoms with Gasteiger partial charge in [0.2, 0.25) is 0 Å². The predicted octanol–water partition coefficient (Wildman–Crippen LogP) is 3.38. The van der Waals surface area contributed by atoms with Gasteiger partial charge in [0.25, 0.3) is 11.8 Å². The molecule has 1 aliphatic rings. The van der Waals surface area contributed by atoms with Crippen molar-refractivity contribution in [3.63, 3.8) is 0 Å². The molecule has 7 heteroatoms. The second-order valence-corrected chi connectivity index (χ2v) is 8.04. The summed E-state index contributed by atoms with van der Waals surface area (Å²) >= 11 is 0. The van der Waals surface area contributed by atoms with Gasteiger partial charge in [-0.2, -0.15) is 0 Å². The van der Waals surface area contributed by atoms with Crippen molar-refractivity contribution in [2.45, 2.75) is 27.2 Å². The van der Waals surface area contributed by atoms with E-state index in [9.17, 15) is 9.59 Å². The first-order valence-electron chi connectivity index (χ1n) is 10.8. The molecule has 0 saturated carbocycles. The zero-order valence-corrected chi connectivity index (χ0v) is 19.6. The van der Waals surface area contributed by atoms with Crippen LogP contribution in [0.1, 0.15) is 33.5 Å². The fourth-order valence-corrected chi connectivity index (χ4v) is 3.89. The van der Waals surface area contributed by atoms with Crippen LogP contribution in [0.4, 0.5) is 0 Å². The number of ether oxygens (including phenoxy) is 3. The summed E-state index contributed by atoms with van der Waals surface area (Å²) in [5, 5.41) is 0. The van der Waals surface area contributed by atoms with Crippen LogP contribution in [0.2, 0.25) is 0 Å². The van der Waals surface area contributed by atoms with Crippen LogP contribution in [-0.2, 0) is 4.79 Å². The summed E-state index contributed by atoms with van der Waals surface area (Å²) in [5.74, 6) is 1.73. The molecule has 0 spiro atoms. The molecule has 0 atom stereocenters. The summed E-state index contributed by atoms with van der Waals surface area (Å²) in [4.78, 5) is 29.4. The van der Waals surface area contributed by atoms with Gasteiger partial charge >= 0.3 is 0 Å². The summed E-state index contributed by atoms with van der Waals surface area (Å²) in [5.41, 5.74) is 3.75. The third-order valence-electron chi connectivity index (χ3n) is 5.98. The zero-order valence-electron chi connectivity index (χ0n) is 19.6. The van der Waals surface area contributed by atoms with Gasteiger partial charge in [0.05, 0.1) is 14.2 Å². The highest BCUT2D eigenvalue weighted by atomic mass is 16.5. The van der Waals surface area contributed by atoms with E-state index in [0.717, 1.165) is 22.4 Å². The van der Waals surface area contributed by atoms with Gasteiger partial charge in [0.1, 0.15) is 5.75 Å². The van der Waals surface area contributed by atoms with E-state index in [4.69, 9.17) is 14.2 Å². The summed E-state index contributed by atoms with van der Waals surface area (Å²) in [6.45, 7) is 8.16. The van der Waals surface area contributed by atoms with Gasteiger partial charge in [-0.3, -0.25) is 9.59 Å². The molecule has 2 aromatic carbocycles. The Bertz CT molecular complexity index is 989. The first kappa shape index (κ1) is 23.4. The van der Waals surface area contributed by atoms with Gasteiger partial charge in [-0.25, -0.2) is 0 Å². The highest BCUT2D eigenvalue weighted by molar-refractivity contribution is 5.95. The smallest absolute Gasteiger partial charge is 0.260 e. The molecule has 2 aromatic rings. The molecule has 0 unspecified atom stereocenters. The van der Waals surface area contributed by atoms with Crippen molar-refractivity contribution < 1.29 is 23.8 Å². The molecule has 1 heterocycles. The highest BCUT2D eigenvalue weighted by Gasteiger charge is 2.24. The molecule has 1 fully saturated rings. The van der Waals surface area contributed by atoms with E-state index in [0.29, 0.717) is 49.7 Å². The van der Waals surface area contributed by atoms with E-state index in [2.05, 4.69) is 6.07 Å². The Morgan fingerprint density at radius 1 is 0.844 bits per heavy atom. The molecule has 172 valence electrons. The second-order valence-electron chi connectivity index (χ2n) is 8.04. The minimum Gasteiger partial charge on any atom is -0.493 e. The van der Waals surface area contributed by atoms with Crippen LogP contribution in [0.25, 0.3) is 0 Å². The van der Waals surface area contributed by atoms with Crippen LogP contribution in [0, 0.1) is 20.8 Å². The van der Waals surface area contributed by atoms with Crippen LogP contribution in [0.3, 0.4) is 0 Å². The van der Waals surface area contributed by atoms with Gasteiger partial charge in [-0.15, -0.1) is 0 Å². The summed E-state index contributed by atoms with van der Waals surface area (Å²) in [7, 11) is 3.11. The SMILES string of the molecule is COc1ccc(C(=O)N2CCCN(C(=O)COc3c(C)ccc(C)c3C)CC2)cc1OC. The Morgan fingerprint density at radius 3 is 2.22 bits per heavy atom. The number of hydrogen-bond donors (Lipinski definition) is 0. The number of benzene rings is 2. The molecule has 32 heavy (non-hydrogen) atoms. The van der Waals surface area contributed by atoms with Gasteiger partial charge < -0.3 is 24.0 Å². The fourth-order valence-electron chi connectivity index (χ4n) is 3.89. The lowest BCUT2D eigenvalue weighted by Gasteiger charge is -2.23. The Hall–Kier alpha value is -3.22. The van der Waals surface area contributed by atoms with Gasteiger partial charge in [-0.05, 0) is 62.1 Å². The van der Waals surface area contributed by atoms with Crippen molar-refractivity contribution in [3.05, 3.63) is 52.6 Å². The van der Waals surface area contributed by atoms with E-state index >= 15 is 0 Å². The first-order chi connectivity index (χ1) is 15.3.